The standard InChI is InChI=1S/C12H24N2O2/c1-14(2)11(16)4-3-8-13-10-12(5-6-12)7-9-15/h13,15H,3-10H2,1-2H3. The van der Waals surface area contributed by atoms with Gasteiger partial charge in [-0.05, 0) is 37.6 Å². The molecule has 0 aromatic heterocycles. The van der Waals surface area contributed by atoms with Crippen LogP contribution in [-0.2, 0) is 4.79 Å². The fourth-order valence-electron chi connectivity index (χ4n) is 1.87. The van der Waals surface area contributed by atoms with Gasteiger partial charge in [0.15, 0.2) is 0 Å². The van der Waals surface area contributed by atoms with E-state index in [-0.39, 0.29) is 5.91 Å². The average molecular weight is 228 g/mol. The Balaban J connectivity index is 1.98. The van der Waals surface area contributed by atoms with E-state index in [4.69, 9.17) is 5.11 Å². The molecular weight excluding hydrogens is 204 g/mol. The van der Waals surface area contributed by atoms with Crippen molar-refractivity contribution in [1.29, 1.82) is 0 Å². The van der Waals surface area contributed by atoms with Gasteiger partial charge in [0, 0.05) is 33.7 Å². The second-order valence-corrected chi connectivity index (χ2v) is 5.04. The fraction of sp³-hybridized carbons (Fsp3) is 0.917. The van der Waals surface area contributed by atoms with Gasteiger partial charge in [-0.15, -0.1) is 0 Å². The first-order valence-electron chi connectivity index (χ1n) is 6.11. The highest BCUT2D eigenvalue weighted by Crippen LogP contribution is 2.47. The van der Waals surface area contributed by atoms with E-state index < -0.39 is 0 Å². The molecule has 0 radical (unpaired) electrons. The fourth-order valence-corrected chi connectivity index (χ4v) is 1.87. The molecule has 1 rings (SSSR count). The molecule has 0 heterocycles. The maximum Gasteiger partial charge on any atom is 0.222 e. The Hall–Kier alpha value is -0.610. The maximum atomic E-state index is 11.3. The van der Waals surface area contributed by atoms with Gasteiger partial charge in [0.05, 0.1) is 0 Å². The average Bonchev–Trinajstić information content (AvgIpc) is 2.98. The Labute approximate surface area is 98.0 Å². The van der Waals surface area contributed by atoms with Gasteiger partial charge in [-0.1, -0.05) is 0 Å². The van der Waals surface area contributed by atoms with E-state index >= 15 is 0 Å². The van der Waals surface area contributed by atoms with Crippen molar-refractivity contribution < 1.29 is 9.90 Å². The number of aliphatic hydroxyl groups is 1. The van der Waals surface area contributed by atoms with Crippen molar-refractivity contribution >= 4 is 5.91 Å². The summed E-state index contributed by atoms with van der Waals surface area (Å²) in [6.07, 6.45) is 4.89. The van der Waals surface area contributed by atoms with Crippen LogP contribution in [0.3, 0.4) is 0 Å². The molecule has 94 valence electrons. The molecule has 2 N–H and O–H groups in total. The van der Waals surface area contributed by atoms with Crippen molar-refractivity contribution in [2.24, 2.45) is 5.41 Å². The van der Waals surface area contributed by atoms with Crippen LogP contribution in [-0.4, -0.2) is 49.7 Å². The maximum absolute atomic E-state index is 11.3. The van der Waals surface area contributed by atoms with Crippen LogP contribution in [0.25, 0.3) is 0 Å². The van der Waals surface area contributed by atoms with Gasteiger partial charge < -0.3 is 15.3 Å². The Kier molecular flexibility index (Phi) is 5.22. The number of hydrogen-bond acceptors (Lipinski definition) is 3. The van der Waals surface area contributed by atoms with Crippen molar-refractivity contribution in [3.8, 4) is 0 Å². The minimum Gasteiger partial charge on any atom is -0.396 e. The summed E-state index contributed by atoms with van der Waals surface area (Å²) >= 11 is 0. The SMILES string of the molecule is CN(C)C(=O)CCCNCC1(CCO)CC1. The third kappa shape index (κ3) is 4.49. The lowest BCUT2D eigenvalue weighted by Crippen LogP contribution is -2.27. The molecule has 0 saturated heterocycles. The molecule has 1 aliphatic carbocycles. The van der Waals surface area contributed by atoms with Gasteiger partial charge in [-0.25, -0.2) is 0 Å². The second-order valence-electron chi connectivity index (χ2n) is 5.04. The van der Waals surface area contributed by atoms with Crippen LogP contribution in [0.2, 0.25) is 0 Å². The van der Waals surface area contributed by atoms with Crippen LogP contribution in [0, 0.1) is 5.41 Å². The monoisotopic (exact) mass is 228 g/mol. The lowest BCUT2D eigenvalue weighted by atomic mass is 10.0. The molecule has 0 aromatic rings. The number of carbonyl (C=O) groups is 1. The highest BCUT2D eigenvalue weighted by Gasteiger charge is 2.41. The predicted octanol–water partition coefficient (Wildman–Crippen LogP) is 0.607. The molecule has 1 saturated carbocycles. The van der Waals surface area contributed by atoms with E-state index in [0.29, 0.717) is 18.4 Å². The van der Waals surface area contributed by atoms with Gasteiger partial charge >= 0.3 is 0 Å². The molecule has 0 bridgehead atoms. The first-order chi connectivity index (χ1) is 7.59. The van der Waals surface area contributed by atoms with Crippen molar-refractivity contribution in [2.75, 3.05) is 33.8 Å². The molecule has 0 atom stereocenters. The predicted molar refractivity (Wildman–Crippen MR) is 64.2 cm³/mol. The number of rotatable bonds is 8. The second kappa shape index (κ2) is 6.21. The van der Waals surface area contributed by atoms with E-state index in [2.05, 4.69) is 5.32 Å². The summed E-state index contributed by atoms with van der Waals surface area (Å²) in [7, 11) is 3.58. The van der Waals surface area contributed by atoms with Crippen molar-refractivity contribution in [1.82, 2.24) is 10.2 Å². The van der Waals surface area contributed by atoms with E-state index in [0.717, 1.165) is 25.9 Å². The number of hydrogen-bond donors (Lipinski definition) is 2. The molecule has 0 spiro atoms. The zero-order valence-corrected chi connectivity index (χ0v) is 10.5. The zero-order valence-electron chi connectivity index (χ0n) is 10.5. The summed E-state index contributed by atoms with van der Waals surface area (Å²) in [4.78, 5) is 12.9. The summed E-state index contributed by atoms with van der Waals surface area (Å²) in [6, 6.07) is 0. The number of carbonyl (C=O) groups excluding carboxylic acids is 1. The summed E-state index contributed by atoms with van der Waals surface area (Å²) in [5, 5.41) is 12.3. The molecular formula is C12H24N2O2. The number of nitrogens with zero attached hydrogens (tertiary/aromatic N) is 1. The van der Waals surface area contributed by atoms with Crippen LogP contribution in [0.5, 0.6) is 0 Å². The van der Waals surface area contributed by atoms with E-state index in [1.54, 1.807) is 19.0 Å². The molecule has 0 unspecified atom stereocenters. The Morgan fingerprint density at radius 3 is 2.62 bits per heavy atom. The Morgan fingerprint density at radius 1 is 1.44 bits per heavy atom. The zero-order chi connectivity index (χ0) is 12.0. The summed E-state index contributed by atoms with van der Waals surface area (Å²) in [5.74, 6) is 0.193. The third-order valence-electron chi connectivity index (χ3n) is 3.34. The number of aliphatic hydroxyl groups excluding tert-OH is 1. The minimum atomic E-state index is 0.193. The topological polar surface area (TPSA) is 52.6 Å². The normalized spacial score (nSPS) is 17.2. The molecule has 1 amide bonds. The summed E-state index contributed by atoms with van der Waals surface area (Å²) in [6.45, 7) is 2.18. The van der Waals surface area contributed by atoms with Crippen molar-refractivity contribution in [3.63, 3.8) is 0 Å². The van der Waals surface area contributed by atoms with E-state index in [1.807, 2.05) is 0 Å². The van der Waals surface area contributed by atoms with Gasteiger partial charge in [-0.2, -0.15) is 0 Å². The molecule has 4 nitrogen and oxygen atoms in total. The molecule has 0 aromatic carbocycles. The lowest BCUT2D eigenvalue weighted by molar-refractivity contribution is -0.128. The first kappa shape index (κ1) is 13.5. The van der Waals surface area contributed by atoms with Gasteiger partial charge in [-0.3, -0.25) is 4.79 Å². The number of nitrogens with one attached hydrogen (secondary N) is 1. The molecule has 16 heavy (non-hydrogen) atoms. The molecule has 1 aliphatic rings. The molecule has 0 aliphatic heterocycles. The van der Waals surface area contributed by atoms with Crippen molar-refractivity contribution in [2.45, 2.75) is 32.1 Å². The van der Waals surface area contributed by atoms with Crippen LogP contribution in [0.15, 0.2) is 0 Å². The smallest absolute Gasteiger partial charge is 0.222 e. The third-order valence-corrected chi connectivity index (χ3v) is 3.34. The summed E-state index contributed by atoms with van der Waals surface area (Å²) < 4.78 is 0. The lowest BCUT2D eigenvalue weighted by Gasteiger charge is -2.15. The quantitative estimate of drug-likeness (QED) is 0.598. The van der Waals surface area contributed by atoms with Crippen LogP contribution in [0.4, 0.5) is 0 Å². The first-order valence-corrected chi connectivity index (χ1v) is 6.11. The van der Waals surface area contributed by atoms with Gasteiger partial charge in [0.25, 0.3) is 0 Å². The molecule has 1 fully saturated rings. The van der Waals surface area contributed by atoms with Crippen LogP contribution >= 0.6 is 0 Å². The van der Waals surface area contributed by atoms with Crippen LogP contribution < -0.4 is 5.32 Å². The highest BCUT2D eigenvalue weighted by atomic mass is 16.3. The largest absolute Gasteiger partial charge is 0.396 e. The van der Waals surface area contributed by atoms with Crippen LogP contribution in [0.1, 0.15) is 32.1 Å². The van der Waals surface area contributed by atoms with E-state index in [9.17, 15) is 4.79 Å². The Morgan fingerprint density at radius 2 is 2.12 bits per heavy atom. The van der Waals surface area contributed by atoms with E-state index in [1.165, 1.54) is 12.8 Å². The minimum absolute atomic E-state index is 0.193. The summed E-state index contributed by atoms with van der Waals surface area (Å²) in [5.41, 5.74) is 0.375. The molecule has 4 heteroatoms. The van der Waals surface area contributed by atoms with Crippen molar-refractivity contribution in [3.05, 3.63) is 0 Å². The number of amides is 1. The highest BCUT2D eigenvalue weighted by molar-refractivity contribution is 5.75. The van der Waals surface area contributed by atoms with Gasteiger partial charge in [0.1, 0.15) is 0 Å². The van der Waals surface area contributed by atoms with Gasteiger partial charge in [0.2, 0.25) is 5.91 Å². The Bertz CT molecular complexity index is 225.